The number of carbonyl (C=O) groups excluding carboxylic acids is 2. The van der Waals surface area contributed by atoms with E-state index in [1.165, 1.54) is 0 Å². The first-order chi connectivity index (χ1) is 13.8. The molecule has 2 fully saturated rings. The summed E-state index contributed by atoms with van der Waals surface area (Å²) in [5.74, 6) is 0.139. The molecule has 1 unspecified atom stereocenters. The van der Waals surface area contributed by atoms with E-state index in [9.17, 15) is 9.59 Å². The van der Waals surface area contributed by atoms with Crippen molar-refractivity contribution in [2.24, 2.45) is 5.92 Å². The van der Waals surface area contributed by atoms with Crippen molar-refractivity contribution >= 4 is 11.8 Å². The molecular formula is C21H35N5O3. The van der Waals surface area contributed by atoms with Crippen molar-refractivity contribution in [2.75, 3.05) is 19.7 Å². The van der Waals surface area contributed by atoms with E-state index in [4.69, 9.17) is 4.74 Å². The number of nitrogens with zero attached hydrogens (tertiary/aromatic N) is 4. The maximum Gasteiger partial charge on any atom is 0.276 e. The van der Waals surface area contributed by atoms with Gasteiger partial charge in [0.05, 0.1) is 17.8 Å². The van der Waals surface area contributed by atoms with Gasteiger partial charge in [0.1, 0.15) is 0 Å². The van der Waals surface area contributed by atoms with Crippen LogP contribution in [0.15, 0.2) is 6.20 Å². The van der Waals surface area contributed by atoms with Gasteiger partial charge in [-0.05, 0) is 66.2 Å². The lowest BCUT2D eigenvalue weighted by Crippen LogP contribution is -2.45. The molecule has 0 bridgehead atoms. The molecule has 8 nitrogen and oxygen atoms in total. The lowest BCUT2D eigenvalue weighted by atomic mass is 9.86. The van der Waals surface area contributed by atoms with E-state index in [2.05, 4.69) is 29.5 Å². The van der Waals surface area contributed by atoms with Crippen LogP contribution in [0.1, 0.15) is 82.8 Å². The van der Waals surface area contributed by atoms with E-state index in [1.807, 2.05) is 18.5 Å². The van der Waals surface area contributed by atoms with Crippen molar-refractivity contribution < 1.29 is 14.3 Å². The van der Waals surface area contributed by atoms with Gasteiger partial charge in [-0.2, -0.15) is 0 Å². The summed E-state index contributed by atoms with van der Waals surface area (Å²) in [6.07, 6.45) is 7.03. The van der Waals surface area contributed by atoms with Crippen molar-refractivity contribution in [1.82, 2.24) is 25.2 Å². The summed E-state index contributed by atoms with van der Waals surface area (Å²) >= 11 is 0. The molecule has 1 aromatic heterocycles. The first-order valence-electron chi connectivity index (χ1n) is 11.0. The molecule has 1 atom stereocenters. The average molecular weight is 406 g/mol. The van der Waals surface area contributed by atoms with Gasteiger partial charge in [0.15, 0.2) is 5.69 Å². The van der Waals surface area contributed by atoms with E-state index < -0.39 is 0 Å². The molecule has 29 heavy (non-hydrogen) atoms. The molecule has 1 aromatic rings. The molecular weight excluding hydrogens is 370 g/mol. The van der Waals surface area contributed by atoms with E-state index in [0.717, 1.165) is 38.5 Å². The van der Waals surface area contributed by atoms with Crippen LogP contribution in [0.4, 0.5) is 0 Å². The molecule has 1 N–H and O–H groups in total. The van der Waals surface area contributed by atoms with Crippen LogP contribution in [0.25, 0.3) is 0 Å². The molecule has 1 aliphatic carbocycles. The summed E-state index contributed by atoms with van der Waals surface area (Å²) in [7, 11) is 0. The maximum atomic E-state index is 12.7. The topological polar surface area (TPSA) is 89.4 Å². The highest BCUT2D eigenvalue weighted by molar-refractivity contribution is 5.91. The molecule has 2 amide bonds. The minimum atomic E-state index is -0.217. The minimum absolute atomic E-state index is 0.0421. The second kappa shape index (κ2) is 9.24. The van der Waals surface area contributed by atoms with Crippen molar-refractivity contribution in [3.8, 4) is 0 Å². The molecule has 3 rings (SSSR count). The SMILES string of the molecule is CCN(CC)C(=O)c1cn(C2CCC(NC(=O)C3CCOC(C)(C)C3)CC2)nn1. The maximum absolute atomic E-state index is 12.7. The van der Waals surface area contributed by atoms with Crippen molar-refractivity contribution in [3.63, 3.8) is 0 Å². The number of hydrogen-bond donors (Lipinski definition) is 1. The number of amides is 2. The van der Waals surface area contributed by atoms with Gasteiger partial charge in [0.25, 0.3) is 5.91 Å². The summed E-state index contributed by atoms with van der Waals surface area (Å²) in [5, 5.41) is 11.5. The minimum Gasteiger partial charge on any atom is -0.376 e. The predicted octanol–water partition coefficient (Wildman–Crippen LogP) is 2.57. The highest BCUT2D eigenvalue weighted by Crippen LogP contribution is 2.31. The van der Waals surface area contributed by atoms with Crippen LogP contribution in [-0.4, -0.2) is 63.0 Å². The molecule has 1 saturated carbocycles. The first kappa shape index (κ1) is 21.7. The third-order valence-corrected chi connectivity index (χ3v) is 6.27. The molecule has 1 saturated heterocycles. The molecule has 0 spiro atoms. The van der Waals surface area contributed by atoms with Gasteiger partial charge in [-0.25, -0.2) is 4.68 Å². The Balaban J connectivity index is 1.49. The quantitative estimate of drug-likeness (QED) is 0.786. The number of ether oxygens (including phenoxy) is 1. The number of hydrogen-bond acceptors (Lipinski definition) is 5. The fourth-order valence-electron chi connectivity index (χ4n) is 4.49. The van der Waals surface area contributed by atoms with Crippen molar-refractivity contribution in [2.45, 2.75) is 83.9 Å². The Morgan fingerprint density at radius 3 is 2.52 bits per heavy atom. The second-order valence-corrected chi connectivity index (χ2v) is 8.87. The van der Waals surface area contributed by atoms with Gasteiger partial charge in [-0.1, -0.05) is 5.21 Å². The Kier molecular flexibility index (Phi) is 6.93. The third-order valence-electron chi connectivity index (χ3n) is 6.27. The zero-order valence-corrected chi connectivity index (χ0v) is 18.2. The van der Waals surface area contributed by atoms with E-state index >= 15 is 0 Å². The van der Waals surface area contributed by atoms with Crippen LogP contribution in [0.2, 0.25) is 0 Å². The average Bonchev–Trinajstić information content (AvgIpc) is 3.19. The van der Waals surface area contributed by atoms with Gasteiger partial charge in [-0.15, -0.1) is 5.10 Å². The smallest absolute Gasteiger partial charge is 0.276 e. The van der Waals surface area contributed by atoms with Crippen LogP contribution in [0, 0.1) is 5.92 Å². The van der Waals surface area contributed by atoms with Crippen LogP contribution in [0.5, 0.6) is 0 Å². The van der Waals surface area contributed by atoms with Gasteiger partial charge < -0.3 is 15.0 Å². The molecule has 8 heteroatoms. The van der Waals surface area contributed by atoms with Gasteiger partial charge in [0, 0.05) is 31.7 Å². The predicted molar refractivity (Wildman–Crippen MR) is 109 cm³/mol. The molecule has 0 aromatic carbocycles. The Bertz CT molecular complexity index is 705. The van der Waals surface area contributed by atoms with Crippen molar-refractivity contribution in [3.05, 3.63) is 11.9 Å². The highest BCUT2D eigenvalue weighted by atomic mass is 16.5. The summed E-state index contributed by atoms with van der Waals surface area (Å²) in [5.41, 5.74) is 0.192. The normalized spacial score (nSPS) is 26.7. The molecule has 0 radical (unpaired) electrons. The van der Waals surface area contributed by atoms with E-state index in [-0.39, 0.29) is 35.4 Å². The van der Waals surface area contributed by atoms with Gasteiger partial charge >= 0.3 is 0 Å². The fourth-order valence-corrected chi connectivity index (χ4v) is 4.49. The van der Waals surface area contributed by atoms with Gasteiger partial charge in [-0.3, -0.25) is 9.59 Å². The third kappa shape index (κ3) is 5.35. The monoisotopic (exact) mass is 405 g/mol. The summed E-state index contributed by atoms with van der Waals surface area (Å²) < 4.78 is 7.55. The van der Waals surface area contributed by atoms with Crippen molar-refractivity contribution in [1.29, 1.82) is 0 Å². The standard InChI is InChI=1S/C21H35N5O3/c1-5-25(6-2)20(28)18-14-26(24-23-18)17-9-7-16(8-10-17)22-19(27)15-11-12-29-21(3,4)13-15/h14-17H,5-13H2,1-4H3,(H,22,27). The Hall–Kier alpha value is -1.96. The molecule has 2 aliphatic rings. The second-order valence-electron chi connectivity index (χ2n) is 8.87. The van der Waals surface area contributed by atoms with Crippen LogP contribution in [0.3, 0.4) is 0 Å². The number of nitrogens with one attached hydrogen (secondary N) is 1. The first-order valence-corrected chi connectivity index (χ1v) is 11.0. The number of carbonyl (C=O) groups is 2. The zero-order valence-electron chi connectivity index (χ0n) is 18.2. The zero-order chi connectivity index (χ0) is 21.0. The van der Waals surface area contributed by atoms with E-state index in [1.54, 1.807) is 11.1 Å². The van der Waals surface area contributed by atoms with Crippen LogP contribution in [-0.2, 0) is 9.53 Å². The summed E-state index contributed by atoms with van der Waals surface area (Å²) in [6, 6.07) is 0.445. The highest BCUT2D eigenvalue weighted by Gasteiger charge is 2.34. The molecule has 1 aliphatic heterocycles. The lowest BCUT2D eigenvalue weighted by Gasteiger charge is -2.36. The van der Waals surface area contributed by atoms with Gasteiger partial charge in [0.2, 0.25) is 5.91 Å². The Labute approximate surface area is 173 Å². The lowest BCUT2D eigenvalue weighted by molar-refractivity contribution is -0.136. The van der Waals surface area contributed by atoms with E-state index in [0.29, 0.717) is 25.4 Å². The summed E-state index contributed by atoms with van der Waals surface area (Å²) in [6.45, 7) is 10.0. The number of rotatable bonds is 6. The Morgan fingerprint density at radius 1 is 1.21 bits per heavy atom. The largest absolute Gasteiger partial charge is 0.376 e. The molecule has 2 heterocycles. The van der Waals surface area contributed by atoms with Crippen LogP contribution >= 0.6 is 0 Å². The number of aromatic nitrogens is 3. The Morgan fingerprint density at radius 2 is 1.90 bits per heavy atom. The fraction of sp³-hybridized carbons (Fsp3) is 0.810. The molecule has 162 valence electrons. The summed E-state index contributed by atoms with van der Waals surface area (Å²) in [4.78, 5) is 26.8. The van der Waals surface area contributed by atoms with Crippen LogP contribution < -0.4 is 5.32 Å².